The summed E-state index contributed by atoms with van der Waals surface area (Å²) in [5, 5.41) is 1.07. The Morgan fingerprint density at radius 1 is 1.30 bits per heavy atom. The summed E-state index contributed by atoms with van der Waals surface area (Å²) in [4.78, 5) is 7.80. The largest absolute Gasteiger partial charge is 0.453 e. The maximum Gasteiger partial charge on any atom is 0.175 e. The van der Waals surface area contributed by atoms with Gasteiger partial charge < -0.3 is 9.40 Å². The molecule has 3 nitrogen and oxygen atoms in total. The highest BCUT2D eigenvalue weighted by atomic mass is 79.9. The number of aromatic amines is 1. The van der Waals surface area contributed by atoms with Crippen LogP contribution in [0.15, 0.2) is 39.2 Å². The van der Waals surface area contributed by atoms with E-state index in [0.29, 0.717) is 16.4 Å². The van der Waals surface area contributed by atoms with Crippen molar-refractivity contribution < 1.29 is 4.42 Å². The lowest BCUT2D eigenvalue weighted by Gasteiger charge is -2.05. The van der Waals surface area contributed by atoms with Gasteiger partial charge in [0.25, 0.3) is 0 Å². The number of H-pyrrole nitrogens is 1. The van der Waals surface area contributed by atoms with Crippen LogP contribution in [0.25, 0.3) is 22.6 Å². The van der Waals surface area contributed by atoms with Crippen LogP contribution in [-0.2, 0) is 0 Å². The van der Waals surface area contributed by atoms with E-state index >= 15 is 0 Å². The van der Waals surface area contributed by atoms with Gasteiger partial charge in [0.1, 0.15) is 10.2 Å². The molecule has 5 heteroatoms. The fourth-order valence-electron chi connectivity index (χ4n) is 2.34. The Morgan fingerprint density at radius 2 is 2.10 bits per heavy atom. The van der Waals surface area contributed by atoms with Crippen molar-refractivity contribution in [1.29, 1.82) is 0 Å². The van der Waals surface area contributed by atoms with Crippen molar-refractivity contribution in [2.75, 3.05) is 0 Å². The van der Waals surface area contributed by atoms with Crippen LogP contribution in [0.1, 0.15) is 24.5 Å². The fourth-order valence-corrected chi connectivity index (χ4v) is 3.06. The summed E-state index contributed by atoms with van der Waals surface area (Å²) in [6.07, 6.45) is 2.40. The van der Waals surface area contributed by atoms with E-state index < -0.39 is 0 Å². The van der Waals surface area contributed by atoms with E-state index in [1.165, 1.54) is 12.8 Å². The Kier molecular flexibility index (Phi) is 2.79. The van der Waals surface area contributed by atoms with Gasteiger partial charge in [0.15, 0.2) is 11.6 Å². The second-order valence-electron chi connectivity index (χ2n) is 5.04. The quantitative estimate of drug-likeness (QED) is 0.649. The van der Waals surface area contributed by atoms with E-state index in [9.17, 15) is 0 Å². The number of hydrogen-bond donors (Lipinski definition) is 1. The summed E-state index contributed by atoms with van der Waals surface area (Å²) < 4.78 is 7.35. The average molecular weight is 347 g/mol. The van der Waals surface area contributed by atoms with Gasteiger partial charge in [0.2, 0.25) is 0 Å². The Morgan fingerprint density at radius 3 is 2.85 bits per heavy atom. The van der Waals surface area contributed by atoms with Gasteiger partial charge in [-0.15, -0.1) is 0 Å². The molecule has 3 aromatic rings. The molecule has 2 heterocycles. The zero-order valence-corrected chi connectivity index (χ0v) is 12.9. The lowest BCUT2D eigenvalue weighted by Crippen LogP contribution is -1.96. The number of nitrogens with one attached hydrogen (secondary N) is 1. The van der Waals surface area contributed by atoms with E-state index in [1.807, 2.05) is 30.3 Å². The summed E-state index contributed by atoms with van der Waals surface area (Å²) >= 11 is 8.87. The summed E-state index contributed by atoms with van der Waals surface area (Å²) in [7, 11) is 0. The number of fused-ring (bicyclic) bond motifs is 1. The third-order valence-electron chi connectivity index (χ3n) is 3.54. The molecule has 0 bridgehead atoms. The van der Waals surface area contributed by atoms with Gasteiger partial charge in [-0.05, 0) is 40.9 Å². The molecular formula is C15H11BrN2OS. The van der Waals surface area contributed by atoms with E-state index in [0.717, 1.165) is 26.9 Å². The van der Waals surface area contributed by atoms with Gasteiger partial charge in [-0.25, -0.2) is 4.98 Å². The van der Waals surface area contributed by atoms with Gasteiger partial charge >= 0.3 is 0 Å². The molecule has 1 aromatic carbocycles. The zero-order valence-electron chi connectivity index (χ0n) is 10.5. The lowest BCUT2D eigenvalue weighted by molar-refractivity contribution is 0.624. The predicted molar refractivity (Wildman–Crippen MR) is 84.3 cm³/mol. The average Bonchev–Trinajstić information content (AvgIpc) is 3.19. The molecule has 0 unspecified atom stereocenters. The van der Waals surface area contributed by atoms with E-state index in [4.69, 9.17) is 16.6 Å². The number of aromatic nitrogens is 2. The Labute approximate surface area is 129 Å². The molecule has 0 spiro atoms. The van der Waals surface area contributed by atoms with Crippen molar-refractivity contribution >= 4 is 39.1 Å². The zero-order chi connectivity index (χ0) is 13.7. The molecule has 1 saturated carbocycles. The van der Waals surface area contributed by atoms with Crippen LogP contribution in [0.4, 0.5) is 0 Å². The van der Waals surface area contributed by atoms with Gasteiger partial charge in [0, 0.05) is 17.0 Å². The van der Waals surface area contributed by atoms with Crippen LogP contribution < -0.4 is 0 Å². The first kappa shape index (κ1) is 12.3. The number of hydrogen-bond acceptors (Lipinski definition) is 3. The molecule has 0 radical (unpaired) electrons. The van der Waals surface area contributed by atoms with Crippen molar-refractivity contribution in [2.24, 2.45) is 0 Å². The highest BCUT2D eigenvalue weighted by molar-refractivity contribution is 9.10. The standard InChI is InChI=1S/C15H11BrN2OS/c16-12-13(8-5-6-8)17-14(18-15(12)20)11-7-9-3-1-2-4-10(9)19-11/h1-4,7-8H,5-6H2,(H,17,18,20). The van der Waals surface area contributed by atoms with Crippen LogP contribution in [0.3, 0.4) is 0 Å². The molecule has 1 aliphatic carbocycles. The van der Waals surface area contributed by atoms with Crippen molar-refractivity contribution in [3.63, 3.8) is 0 Å². The molecule has 100 valence electrons. The second kappa shape index (κ2) is 4.53. The maximum atomic E-state index is 5.85. The molecule has 0 saturated heterocycles. The van der Waals surface area contributed by atoms with Gasteiger partial charge in [0.05, 0.1) is 4.47 Å². The van der Waals surface area contributed by atoms with Gasteiger partial charge in [-0.1, -0.05) is 30.4 Å². The number of para-hydroxylation sites is 1. The van der Waals surface area contributed by atoms with Crippen molar-refractivity contribution in [1.82, 2.24) is 9.97 Å². The molecular weight excluding hydrogens is 336 g/mol. The second-order valence-corrected chi connectivity index (χ2v) is 6.22. The van der Waals surface area contributed by atoms with Crippen LogP contribution in [0.5, 0.6) is 0 Å². The third-order valence-corrected chi connectivity index (χ3v) is 4.90. The van der Waals surface area contributed by atoms with Crippen LogP contribution >= 0.6 is 28.1 Å². The normalized spacial score (nSPS) is 14.8. The molecule has 1 fully saturated rings. The number of rotatable bonds is 2. The summed E-state index contributed by atoms with van der Waals surface area (Å²) in [6, 6.07) is 9.93. The van der Waals surface area contributed by atoms with Crippen molar-refractivity contribution in [2.45, 2.75) is 18.8 Å². The highest BCUT2D eigenvalue weighted by Crippen LogP contribution is 2.43. The monoisotopic (exact) mass is 346 g/mol. The molecule has 2 aromatic heterocycles. The summed E-state index contributed by atoms with van der Waals surface area (Å²) in [5.74, 6) is 2.00. The van der Waals surface area contributed by atoms with E-state index in [-0.39, 0.29) is 0 Å². The predicted octanol–water partition coefficient (Wildman–Crippen LogP) is 5.19. The third kappa shape index (κ3) is 2.01. The highest BCUT2D eigenvalue weighted by Gasteiger charge is 2.28. The molecule has 1 aliphatic rings. The molecule has 0 atom stereocenters. The van der Waals surface area contributed by atoms with Gasteiger partial charge in [-0.3, -0.25) is 0 Å². The topological polar surface area (TPSA) is 41.8 Å². The van der Waals surface area contributed by atoms with E-state index in [1.54, 1.807) is 0 Å². The van der Waals surface area contributed by atoms with Crippen molar-refractivity contribution in [3.8, 4) is 11.6 Å². The SMILES string of the molecule is S=c1nc(-c2cc3ccccc3o2)[nH]c(C2CC2)c1Br. The first-order valence-corrected chi connectivity index (χ1v) is 7.71. The molecule has 4 rings (SSSR count). The van der Waals surface area contributed by atoms with Crippen molar-refractivity contribution in [3.05, 3.63) is 45.1 Å². The summed E-state index contributed by atoms with van der Waals surface area (Å²) in [6.45, 7) is 0. The number of nitrogens with zero attached hydrogens (tertiary/aromatic N) is 1. The van der Waals surface area contributed by atoms with Crippen LogP contribution in [-0.4, -0.2) is 9.97 Å². The lowest BCUT2D eigenvalue weighted by atomic mass is 10.2. The smallest absolute Gasteiger partial charge is 0.175 e. The molecule has 1 N–H and O–H groups in total. The molecule has 20 heavy (non-hydrogen) atoms. The molecule has 0 amide bonds. The Hall–Kier alpha value is -1.46. The minimum absolute atomic E-state index is 0.567. The number of furan rings is 1. The first-order valence-electron chi connectivity index (χ1n) is 6.51. The first-order chi connectivity index (χ1) is 9.72. The minimum atomic E-state index is 0.567. The maximum absolute atomic E-state index is 5.85. The van der Waals surface area contributed by atoms with Crippen LogP contribution in [0.2, 0.25) is 0 Å². The van der Waals surface area contributed by atoms with E-state index in [2.05, 4.69) is 25.9 Å². The van der Waals surface area contributed by atoms with Crippen LogP contribution in [0, 0.1) is 4.64 Å². The fraction of sp³-hybridized carbons (Fsp3) is 0.200. The summed E-state index contributed by atoms with van der Waals surface area (Å²) in [5.41, 5.74) is 2.00. The minimum Gasteiger partial charge on any atom is -0.453 e. The Bertz CT molecular complexity index is 831. The Balaban J connectivity index is 1.91. The number of halogens is 1. The molecule has 0 aliphatic heterocycles. The van der Waals surface area contributed by atoms with Gasteiger partial charge in [-0.2, -0.15) is 0 Å². The number of benzene rings is 1.